The molecule has 0 radical (unpaired) electrons. The van der Waals surface area contributed by atoms with Crippen molar-refractivity contribution in [2.75, 3.05) is 6.54 Å². The van der Waals surface area contributed by atoms with E-state index in [-0.39, 0.29) is 0 Å². The van der Waals surface area contributed by atoms with E-state index >= 15 is 0 Å². The van der Waals surface area contributed by atoms with Crippen molar-refractivity contribution in [2.24, 2.45) is 0 Å². The summed E-state index contributed by atoms with van der Waals surface area (Å²) in [6, 6.07) is 2.55. The molecular formula is C12H17BrN4. The SMILES string of the molecule is CC(C)NCCCc1nc2ncc(Br)cc2[nH]1. The van der Waals surface area contributed by atoms with Crippen LogP contribution in [0.1, 0.15) is 26.1 Å². The lowest BCUT2D eigenvalue weighted by Gasteiger charge is -2.06. The van der Waals surface area contributed by atoms with Crippen molar-refractivity contribution in [3.8, 4) is 0 Å². The van der Waals surface area contributed by atoms with Crippen LogP contribution >= 0.6 is 15.9 Å². The largest absolute Gasteiger partial charge is 0.341 e. The Morgan fingerprint density at radius 2 is 2.29 bits per heavy atom. The molecule has 0 aliphatic heterocycles. The first-order valence-corrected chi connectivity index (χ1v) is 6.68. The fourth-order valence-electron chi connectivity index (χ4n) is 1.69. The summed E-state index contributed by atoms with van der Waals surface area (Å²) in [5.74, 6) is 1.01. The van der Waals surface area contributed by atoms with Gasteiger partial charge < -0.3 is 10.3 Å². The molecule has 0 aliphatic rings. The second kappa shape index (κ2) is 5.60. The van der Waals surface area contributed by atoms with Crippen molar-refractivity contribution in [3.63, 3.8) is 0 Å². The molecule has 5 heteroatoms. The molecule has 0 saturated heterocycles. The highest BCUT2D eigenvalue weighted by Crippen LogP contribution is 2.15. The van der Waals surface area contributed by atoms with Gasteiger partial charge in [0, 0.05) is 23.1 Å². The molecule has 0 fully saturated rings. The van der Waals surface area contributed by atoms with Gasteiger partial charge in [-0.1, -0.05) is 13.8 Å². The quantitative estimate of drug-likeness (QED) is 0.834. The number of nitrogens with one attached hydrogen (secondary N) is 2. The lowest BCUT2D eigenvalue weighted by atomic mass is 10.3. The minimum Gasteiger partial charge on any atom is -0.341 e. The predicted molar refractivity (Wildman–Crippen MR) is 73.0 cm³/mol. The average Bonchev–Trinajstić information content (AvgIpc) is 2.66. The minimum absolute atomic E-state index is 0.545. The van der Waals surface area contributed by atoms with Crippen molar-refractivity contribution in [1.29, 1.82) is 0 Å². The number of rotatable bonds is 5. The fourth-order valence-corrected chi connectivity index (χ4v) is 2.02. The molecule has 2 N–H and O–H groups in total. The average molecular weight is 297 g/mol. The second-order valence-corrected chi connectivity index (χ2v) is 5.34. The third-order valence-electron chi connectivity index (χ3n) is 2.50. The fraction of sp³-hybridized carbons (Fsp3) is 0.500. The number of fused-ring (bicyclic) bond motifs is 1. The summed E-state index contributed by atoms with van der Waals surface area (Å²) in [6.45, 7) is 5.33. The van der Waals surface area contributed by atoms with Crippen molar-refractivity contribution < 1.29 is 0 Å². The van der Waals surface area contributed by atoms with E-state index in [1.807, 2.05) is 6.07 Å². The summed E-state index contributed by atoms with van der Waals surface area (Å²) in [6.07, 6.45) is 3.81. The molecule has 0 aromatic carbocycles. The molecule has 92 valence electrons. The lowest BCUT2D eigenvalue weighted by Crippen LogP contribution is -2.24. The van der Waals surface area contributed by atoms with Crippen LogP contribution in [-0.2, 0) is 6.42 Å². The molecule has 0 saturated carbocycles. The van der Waals surface area contributed by atoms with Crippen molar-refractivity contribution in [2.45, 2.75) is 32.7 Å². The number of aromatic nitrogens is 3. The van der Waals surface area contributed by atoms with Crippen LogP contribution in [0, 0.1) is 0 Å². The number of imidazole rings is 1. The summed E-state index contributed by atoms with van der Waals surface area (Å²) in [7, 11) is 0. The lowest BCUT2D eigenvalue weighted by molar-refractivity contribution is 0.567. The highest BCUT2D eigenvalue weighted by Gasteiger charge is 2.04. The Bertz CT molecular complexity index is 492. The van der Waals surface area contributed by atoms with Crippen LogP contribution in [-0.4, -0.2) is 27.5 Å². The maximum Gasteiger partial charge on any atom is 0.177 e. The summed E-state index contributed by atoms with van der Waals surface area (Å²) in [5, 5.41) is 3.39. The predicted octanol–water partition coefficient (Wildman–Crippen LogP) is 2.65. The second-order valence-electron chi connectivity index (χ2n) is 4.42. The first kappa shape index (κ1) is 12.5. The number of aromatic amines is 1. The van der Waals surface area contributed by atoms with Gasteiger partial charge in [-0.05, 0) is 35.0 Å². The van der Waals surface area contributed by atoms with Gasteiger partial charge in [0.2, 0.25) is 0 Å². The van der Waals surface area contributed by atoms with Gasteiger partial charge in [0.1, 0.15) is 5.82 Å². The van der Waals surface area contributed by atoms with Gasteiger partial charge in [-0.2, -0.15) is 0 Å². The molecule has 2 rings (SSSR count). The van der Waals surface area contributed by atoms with E-state index < -0.39 is 0 Å². The van der Waals surface area contributed by atoms with Crippen LogP contribution in [0.5, 0.6) is 0 Å². The maximum atomic E-state index is 4.46. The molecule has 4 nitrogen and oxygen atoms in total. The number of hydrogen-bond donors (Lipinski definition) is 2. The highest BCUT2D eigenvalue weighted by molar-refractivity contribution is 9.10. The normalized spacial score (nSPS) is 11.5. The van der Waals surface area contributed by atoms with Gasteiger partial charge in [0.25, 0.3) is 0 Å². The molecule has 0 unspecified atom stereocenters. The van der Waals surface area contributed by atoms with E-state index in [9.17, 15) is 0 Å². The smallest absolute Gasteiger partial charge is 0.177 e. The molecule has 2 aromatic rings. The van der Waals surface area contributed by atoms with Crippen LogP contribution in [0.4, 0.5) is 0 Å². The van der Waals surface area contributed by atoms with Crippen LogP contribution in [0.15, 0.2) is 16.7 Å². The van der Waals surface area contributed by atoms with Crippen LogP contribution in [0.3, 0.4) is 0 Å². The Morgan fingerprint density at radius 3 is 3.06 bits per heavy atom. The number of aryl methyl sites for hydroxylation is 1. The number of halogens is 1. The zero-order valence-electron chi connectivity index (χ0n) is 10.1. The Labute approximate surface area is 109 Å². The van der Waals surface area contributed by atoms with E-state index in [1.165, 1.54) is 0 Å². The molecular weight excluding hydrogens is 280 g/mol. The van der Waals surface area contributed by atoms with Crippen LogP contribution in [0.25, 0.3) is 11.2 Å². The first-order chi connectivity index (χ1) is 8.15. The Hall–Kier alpha value is -0.940. The van der Waals surface area contributed by atoms with Gasteiger partial charge in [-0.3, -0.25) is 0 Å². The van der Waals surface area contributed by atoms with Crippen molar-refractivity contribution >= 4 is 27.1 Å². The molecule has 0 amide bonds. The number of hydrogen-bond acceptors (Lipinski definition) is 3. The monoisotopic (exact) mass is 296 g/mol. The first-order valence-electron chi connectivity index (χ1n) is 5.88. The molecule has 17 heavy (non-hydrogen) atoms. The molecule has 2 heterocycles. The van der Waals surface area contributed by atoms with Crippen molar-refractivity contribution in [1.82, 2.24) is 20.3 Å². The molecule has 0 bridgehead atoms. The summed E-state index contributed by atoms with van der Waals surface area (Å²) < 4.78 is 0.974. The summed E-state index contributed by atoms with van der Waals surface area (Å²) in [5.41, 5.74) is 1.78. The number of H-pyrrole nitrogens is 1. The molecule has 2 aromatic heterocycles. The standard InChI is InChI=1S/C12H17BrN4/c1-8(2)14-5-3-4-11-16-10-6-9(13)7-15-12(10)17-11/h6-8,14H,3-5H2,1-2H3,(H,15,16,17). The van der Waals surface area contributed by atoms with Gasteiger partial charge in [-0.25, -0.2) is 9.97 Å². The highest BCUT2D eigenvalue weighted by atomic mass is 79.9. The number of pyridine rings is 1. The van der Waals surface area contributed by atoms with E-state index in [1.54, 1.807) is 6.20 Å². The maximum absolute atomic E-state index is 4.46. The zero-order chi connectivity index (χ0) is 12.3. The topological polar surface area (TPSA) is 53.6 Å². The van der Waals surface area contributed by atoms with Gasteiger partial charge in [-0.15, -0.1) is 0 Å². The summed E-state index contributed by atoms with van der Waals surface area (Å²) in [4.78, 5) is 12.0. The molecule has 0 atom stereocenters. The van der Waals surface area contributed by atoms with Gasteiger partial charge >= 0.3 is 0 Å². The van der Waals surface area contributed by atoms with E-state index in [0.29, 0.717) is 6.04 Å². The van der Waals surface area contributed by atoms with Gasteiger partial charge in [0.15, 0.2) is 5.65 Å². The van der Waals surface area contributed by atoms with E-state index in [2.05, 4.69) is 50.0 Å². The van der Waals surface area contributed by atoms with Crippen molar-refractivity contribution in [3.05, 3.63) is 22.6 Å². The third-order valence-corrected chi connectivity index (χ3v) is 2.93. The Balaban J connectivity index is 1.95. The van der Waals surface area contributed by atoms with E-state index in [4.69, 9.17) is 0 Å². The van der Waals surface area contributed by atoms with E-state index in [0.717, 1.165) is 40.8 Å². The van der Waals surface area contributed by atoms with Crippen LogP contribution in [0.2, 0.25) is 0 Å². The van der Waals surface area contributed by atoms with Crippen LogP contribution < -0.4 is 5.32 Å². The third kappa shape index (κ3) is 3.51. The Morgan fingerprint density at radius 1 is 1.47 bits per heavy atom. The van der Waals surface area contributed by atoms with Gasteiger partial charge in [0.05, 0.1) is 5.52 Å². The number of nitrogens with zero attached hydrogens (tertiary/aromatic N) is 2. The zero-order valence-corrected chi connectivity index (χ0v) is 11.7. The minimum atomic E-state index is 0.545. The Kier molecular flexibility index (Phi) is 4.12. The molecule has 0 aliphatic carbocycles. The molecule has 0 spiro atoms. The summed E-state index contributed by atoms with van der Waals surface area (Å²) >= 11 is 3.40.